The first kappa shape index (κ1) is 12.1. The van der Waals surface area contributed by atoms with Crippen LogP contribution in [0.5, 0.6) is 0 Å². The highest BCUT2D eigenvalue weighted by molar-refractivity contribution is 5.68. The van der Waals surface area contributed by atoms with Crippen LogP contribution in [0.3, 0.4) is 0 Å². The standard InChI is InChI=1S/C12H17NO4/c1-2-8-3-9-5-12(6-11(14)15,7-13(16)17)10(9)4-8/h4,9-10H,2-3,5-7H2,1H3,(H,14,15)/t9-,10-,12?/m1/s1. The summed E-state index contributed by atoms with van der Waals surface area (Å²) in [6.45, 7) is 1.86. The largest absolute Gasteiger partial charge is 0.481 e. The van der Waals surface area contributed by atoms with Crippen LogP contribution >= 0.6 is 0 Å². The Labute approximate surface area is 99.7 Å². The normalized spacial score (nSPS) is 34.8. The second-order valence-electron chi connectivity index (χ2n) is 5.30. The molecule has 1 N–H and O–H groups in total. The minimum Gasteiger partial charge on any atom is -0.481 e. The van der Waals surface area contributed by atoms with Gasteiger partial charge in [0.1, 0.15) is 0 Å². The monoisotopic (exact) mass is 239 g/mol. The van der Waals surface area contributed by atoms with Crippen LogP contribution in [-0.2, 0) is 4.79 Å². The van der Waals surface area contributed by atoms with Gasteiger partial charge in [-0.05, 0) is 31.1 Å². The van der Waals surface area contributed by atoms with Gasteiger partial charge in [0.05, 0.1) is 11.8 Å². The van der Waals surface area contributed by atoms with Gasteiger partial charge in [0.25, 0.3) is 0 Å². The molecular weight excluding hydrogens is 222 g/mol. The fourth-order valence-electron chi connectivity index (χ4n) is 3.53. The number of allylic oxidation sites excluding steroid dienone is 2. The second-order valence-corrected chi connectivity index (χ2v) is 5.30. The van der Waals surface area contributed by atoms with Gasteiger partial charge >= 0.3 is 5.97 Å². The van der Waals surface area contributed by atoms with E-state index in [2.05, 4.69) is 13.0 Å². The van der Waals surface area contributed by atoms with Crippen LogP contribution in [-0.4, -0.2) is 22.5 Å². The lowest BCUT2D eigenvalue weighted by Gasteiger charge is -2.48. The van der Waals surface area contributed by atoms with E-state index in [1.165, 1.54) is 5.57 Å². The molecule has 1 fully saturated rings. The lowest BCUT2D eigenvalue weighted by Crippen LogP contribution is -2.50. The summed E-state index contributed by atoms with van der Waals surface area (Å²) in [6, 6.07) is 0. The summed E-state index contributed by atoms with van der Waals surface area (Å²) in [5, 5.41) is 19.6. The maximum absolute atomic E-state index is 10.9. The predicted molar refractivity (Wildman–Crippen MR) is 61.1 cm³/mol. The van der Waals surface area contributed by atoms with E-state index in [0.29, 0.717) is 12.3 Å². The molecule has 0 radical (unpaired) electrons. The Bertz CT molecular complexity index is 372. The van der Waals surface area contributed by atoms with E-state index >= 15 is 0 Å². The number of rotatable bonds is 5. The van der Waals surface area contributed by atoms with Crippen LogP contribution < -0.4 is 0 Å². The number of nitro groups is 1. The van der Waals surface area contributed by atoms with Crippen molar-refractivity contribution in [3.8, 4) is 0 Å². The maximum atomic E-state index is 10.9. The first-order valence-electron chi connectivity index (χ1n) is 6.00. The molecule has 94 valence electrons. The fourth-order valence-corrected chi connectivity index (χ4v) is 3.53. The highest BCUT2D eigenvalue weighted by Crippen LogP contribution is 2.60. The highest BCUT2D eigenvalue weighted by Gasteiger charge is 2.58. The van der Waals surface area contributed by atoms with Crippen molar-refractivity contribution in [3.05, 3.63) is 21.8 Å². The third-order valence-corrected chi connectivity index (χ3v) is 4.22. The molecule has 0 heterocycles. The molecule has 0 aromatic rings. The van der Waals surface area contributed by atoms with Gasteiger partial charge in [0, 0.05) is 4.92 Å². The first-order valence-corrected chi connectivity index (χ1v) is 6.00. The summed E-state index contributed by atoms with van der Waals surface area (Å²) in [7, 11) is 0. The van der Waals surface area contributed by atoms with Crippen molar-refractivity contribution in [3.63, 3.8) is 0 Å². The molecule has 17 heavy (non-hydrogen) atoms. The molecule has 0 saturated heterocycles. The summed E-state index contributed by atoms with van der Waals surface area (Å²) >= 11 is 0. The Morgan fingerprint density at radius 2 is 2.41 bits per heavy atom. The van der Waals surface area contributed by atoms with Crippen LogP contribution in [0.15, 0.2) is 11.6 Å². The second kappa shape index (κ2) is 4.13. The fraction of sp³-hybridized carbons (Fsp3) is 0.750. The molecule has 0 amide bonds. The van der Waals surface area contributed by atoms with Crippen molar-refractivity contribution in [1.82, 2.24) is 0 Å². The molecule has 3 atom stereocenters. The van der Waals surface area contributed by atoms with Gasteiger partial charge in [0.2, 0.25) is 6.54 Å². The molecule has 5 heteroatoms. The van der Waals surface area contributed by atoms with Crippen LogP contribution in [0.1, 0.15) is 32.6 Å². The molecule has 1 unspecified atom stereocenters. The summed E-state index contributed by atoms with van der Waals surface area (Å²) in [5.41, 5.74) is 0.701. The number of carboxylic acids is 1. The zero-order valence-electron chi connectivity index (χ0n) is 9.89. The summed E-state index contributed by atoms with van der Waals surface area (Å²) < 4.78 is 0. The lowest BCUT2D eigenvalue weighted by molar-refractivity contribution is -0.505. The molecule has 0 bridgehead atoms. The molecule has 5 nitrogen and oxygen atoms in total. The quantitative estimate of drug-likeness (QED) is 0.452. The Hall–Kier alpha value is -1.39. The van der Waals surface area contributed by atoms with Crippen LogP contribution in [0.4, 0.5) is 0 Å². The summed E-state index contributed by atoms with van der Waals surface area (Å²) in [4.78, 5) is 21.2. The zero-order chi connectivity index (χ0) is 12.6. The number of carbonyl (C=O) groups is 1. The summed E-state index contributed by atoms with van der Waals surface area (Å²) in [5.74, 6) is -0.369. The molecule has 2 rings (SSSR count). The van der Waals surface area contributed by atoms with E-state index in [4.69, 9.17) is 5.11 Å². The topological polar surface area (TPSA) is 80.4 Å². The molecule has 0 aromatic carbocycles. The van der Waals surface area contributed by atoms with Gasteiger partial charge in [0.15, 0.2) is 0 Å². The SMILES string of the molecule is CCC1=C[C@@H]2[C@H](C1)CC2(CC(=O)O)C[N+](=O)[O-]. The van der Waals surface area contributed by atoms with E-state index in [9.17, 15) is 14.9 Å². The van der Waals surface area contributed by atoms with Gasteiger partial charge in [-0.3, -0.25) is 14.9 Å². The Kier molecular flexibility index (Phi) is 2.93. The Morgan fingerprint density at radius 1 is 1.71 bits per heavy atom. The number of hydrogen-bond acceptors (Lipinski definition) is 3. The van der Waals surface area contributed by atoms with Crippen molar-refractivity contribution < 1.29 is 14.8 Å². The summed E-state index contributed by atoms with van der Waals surface area (Å²) in [6.07, 6.45) is 4.67. The van der Waals surface area contributed by atoms with Crippen molar-refractivity contribution in [2.75, 3.05) is 6.54 Å². The smallest absolute Gasteiger partial charge is 0.304 e. The van der Waals surface area contributed by atoms with Crippen LogP contribution in [0.2, 0.25) is 0 Å². The molecular formula is C12H17NO4. The van der Waals surface area contributed by atoms with E-state index in [1.807, 2.05) is 0 Å². The molecule has 2 aliphatic carbocycles. The predicted octanol–water partition coefficient (Wildman–Crippen LogP) is 2.10. The van der Waals surface area contributed by atoms with Gasteiger partial charge < -0.3 is 5.11 Å². The molecule has 0 aromatic heterocycles. The van der Waals surface area contributed by atoms with E-state index in [1.54, 1.807) is 0 Å². The van der Waals surface area contributed by atoms with Gasteiger partial charge in [-0.2, -0.15) is 0 Å². The van der Waals surface area contributed by atoms with E-state index in [-0.39, 0.29) is 23.8 Å². The number of aliphatic carboxylic acids is 1. The molecule has 0 aliphatic heterocycles. The minimum atomic E-state index is -0.927. The van der Waals surface area contributed by atoms with Crippen LogP contribution in [0.25, 0.3) is 0 Å². The Balaban J connectivity index is 2.17. The molecule has 2 aliphatic rings. The van der Waals surface area contributed by atoms with Crippen LogP contribution in [0, 0.1) is 27.4 Å². The third kappa shape index (κ3) is 2.06. The van der Waals surface area contributed by atoms with Gasteiger partial charge in [-0.1, -0.05) is 18.6 Å². The van der Waals surface area contributed by atoms with E-state index < -0.39 is 11.4 Å². The van der Waals surface area contributed by atoms with Crippen molar-refractivity contribution in [1.29, 1.82) is 0 Å². The minimum absolute atomic E-state index is 0.0807. The average Bonchev–Trinajstić information content (AvgIpc) is 2.54. The van der Waals surface area contributed by atoms with Gasteiger partial charge in [-0.15, -0.1) is 0 Å². The van der Waals surface area contributed by atoms with E-state index in [0.717, 1.165) is 12.8 Å². The molecule has 0 spiro atoms. The maximum Gasteiger partial charge on any atom is 0.304 e. The van der Waals surface area contributed by atoms with Crippen molar-refractivity contribution >= 4 is 5.97 Å². The zero-order valence-corrected chi connectivity index (χ0v) is 9.89. The Morgan fingerprint density at radius 3 is 2.94 bits per heavy atom. The van der Waals surface area contributed by atoms with Crippen molar-refractivity contribution in [2.24, 2.45) is 17.3 Å². The highest BCUT2D eigenvalue weighted by atomic mass is 16.6. The molecule has 1 saturated carbocycles. The van der Waals surface area contributed by atoms with Crippen molar-refractivity contribution in [2.45, 2.75) is 32.6 Å². The first-order chi connectivity index (χ1) is 7.97. The van der Waals surface area contributed by atoms with Gasteiger partial charge in [-0.25, -0.2) is 0 Å². The number of fused-ring (bicyclic) bond motifs is 1. The number of carboxylic acid groups (broad SMARTS) is 1. The number of hydrogen-bond donors (Lipinski definition) is 1. The number of nitrogens with zero attached hydrogens (tertiary/aromatic N) is 1. The lowest BCUT2D eigenvalue weighted by atomic mass is 9.53. The third-order valence-electron chi connectivity index (χ3n) is 4.22. The average molecular weight is 239 g/mol.